The Kier molecular flexibility index (Phi) is 4.25. The molecule has 3 heteroatoms. The lowest BCUT2D eigenvalue weighted by atomic mass is 10.0. The van der Waals surface area contributed by atoms with E-state index < -0.39 is 0 Å². The molecule has 0 spiro atoms. The molecule has 1 aliphatic heterocycles. The number of rotatable bonds is 3. The first-order chi connectivity index (χ1) is 8.99. The van der Waals surface area contributed by atoms with Gasteiger partial charge in [-0.1, -0.05) is 12.1 Å². The number of carbonyl (C=O) groups excluding carboxylic acids is 1. The van der Waals surface area contributed by atoms with E-state index in [2.05, 4.69) is 24.9 Å². The average molecular weight is 260 g/mol. The van der Waals surface area contributed by atoms with Gasteiger partial charge in [-0.2, -0.15) is 0 Å². The van der Waals surface area contributed by atoms with Crippen LogP contribution < -0.4 is 0 Å². The van der Waals surface area contributed by atoms with Crippen LogP contribution in [0.4, 0.5) is 0 Å². The standard InChI is InChI=1S/C16H24N2O/c1-12-6-5-7-15(13(12)2)16(19)18(4)11-14-8-9-17(3)10-14/h5-7,14H,8-11H2,1-4H3/t14-/m0/s1. The lowest BCUT2D eigenvalue weighted by Crippen LogP contribution is -2.33. The number of aryl methyl sites for hydroxylation is 1. The van der Waals surface area contributed by atoms with Gasteiger partial charge in [0.2, 0.25) is 0 Å². The van der Waals surface area contributed by atoms with Gasteiger partial charge < -0.3 is 9.80 Å². The molecule has 1 aromatic carbocycles. The lowest BCUT2D eigenvalue weighted by molar-refractivity contribution is 0.0773. The molecule has 1 saturated heterocycles. The fourth-order valence-corrected chi connectivity index (χ4v) is 2.83. The Morgan fingerprint density at radius 3 is 2.79 bits per heavy atom. The van der Waals surface area contributed by atoms with Crippen LogP contribution in [-0.4, -0.2) is 49.4 Å². The van der Waals surface area contributed by atoms with Gasteiger partial charge >= 0.3 is 0 Å². The summed E-state index contributed by atoms with van der Waals surface area (Å²) < 4.78 is 0. The maximum Gasteiger partial charge on any atom is 0.253 e. The minimum atomic E-state index is 0.149. The van der Waals surface area contributed by atoms with Gasteiger partial charge in [-0.25, -0.2) is 0 Å². The number of carbonyl (C=O) groups is 1. The van der Waals surface area contributed by atoms with Crippen LogP contribution in [0.15, 0.2) is 18.2 Å². The zero-order valence-corrected chi connectivity index (χ0v) is 12.4. The first-order valence-electron chi connectivity index (χ1n) is 6.99. The normalized spacial score (nSPS) is 19.7. The third kappa shape index (κ3) is 3.16. The molecular formula is C16H24N2O. The van der Waals surface area contributed by atoms with E-state index in [0.29, 0.717) is 5.92 Å². The second kappa shape index (κ2) is 5.74. The maximum absolute atomic E-state index is 12.5. The van der Waals surface area contributed by atoms with Crippen molar-refractivity contribution in [1.82, 2.24) is 9.80 Å². The first-order valence-corrected chi connectivity index (χ1v) is 6.99. The minimum Gasteiger partial charge on any atom is -0.341 e. The minimum absolute atomic E-state index is 0.149. The molecule has 0 saturated carbocycles. The summed E-state index contributed by atoms with van der Waals surface area (Å²) in [5, 5.41) is 0. The quantitative estimate of drug-likeness (QED) is 0.833. The van der Waals surface area contributed by atoms with Crippen LogP contribution in [0.1, 0.15) is 27.9 Å². The van der Waals surface area contributed by atoms with Crippen molar-refractivity contribution in [2.24, 2.45) is 5.92 Å². The van der Waals surface area contributed by atoms with Crippen molar-refractivity contribution in [3.63, 3.8) is 0 Å². The molecule has 19 heavy (non-hydrogen) atoms. The average Bonchev–Trinajstić information content (AvgIpc) is 2.77. The Hall–Kier alpha value is -1.35. The molecule has 1 fully saturated rings. The third-order valence-electron chi connectivity index (χ3n) is 4.20. The molecular weight excluding hydrogens is 236 g/mol. The lowest BCUT2D eigenvalue weighted by Gasteiger charge is -2.22. The van der Waals surface area contributed by atoms with E-state index >= 15 is 0 Å². The molecule has 0 aromatic heterocycles. The van der Waals surface area contributed by atoms with Crippen LogP contribution in [0.25, 0.3) is 0 Å². The fraction of sp³-hybridized carbons (Fsp3) is 0.562. The van der Waals surface area contributed by atoms with Gasteiger partial charge in [-0.15, -0.1) is 0 Å². The summed E-state index contributed by atoms with van der Waals surface area (Å²) in [6, 6.07) is 5.95. The van der Waals surface area contributed by atoms with Crippen molar-refractivity contribution >= 4 is 5.91 Å². The highest BCUT2D eigenvalue weighted by molar-refractivity contribution is 5.95. The number of likely N-dealkylation sites (tertiary alicyclic amines) is 1. The molecule has 104 valence electrons. The third-order valence-corrected chi connectivity index (χ3v) is 4.20. The van der Waals surface area contributed by atoms with Crippen LogP contribution in [0.2, 0.25) is 0 Å². The molecule has 1 amide bonds. The summed E-state index contributed by atoms with van der Waals surface area (Å²) in [7, 11) is 4.06. The van der Waals surface area contributed by atoms with Gasteiger partial charge in [0, 0.05) is 25.7 Å². The monoisotopic (exact) mass is 260 g/mol. The van der Waals surface area contributed by atoms with Gasteiger partial charge in [0.1, 0.15) is 0 Å². The fourth-order valence-electron chi connectivity index (χ4n) is 2.83. The summed E-state index contributed by atoms with van der Waals surface area (Å²) in [5.41, 5.74) is 3.12. The molecule has 1 aromatic rings. The summed E-state index contributed by atoms with van der Waals surface area (Å²) in [5.74, 6) is 0.764. The van der Waals surface area contributed by atoms with E-state index in [0.717, 1.165) is 30.8 Å². The highest BCUT2D eigenvalue weighted by atomic mass is 16.2. The molecule has 0 bridgehead atoms. The van der Waals surface area contributed by atoms with E-state index in [1.807, 2.05) is 31.0 Å². The van der Waals surface area contributed by atoms with E-state index in [9.17, 15) is 4.79 Å². The highest BCUT2D eigenvalue weighted by Gasteiger charge is 2.23. The number of amides is 1. The second-order valence-electron chi connectivity index (χ2n) is 5.85. The van der Waals surface area contributed by atoms with Gasteiger partial charge in [-0.3, -0.25) is 4.79 Å². The van der Waals surface area contributed by atoms with Crippen molar-refractivity contribution < 1.29 is 4.79 Å². The van der Waals surface area contributed by atoms with Crippen LogP contribution >= 0.6 is 0 Å². The molecule has 1 aliphatic rings. The van der Waals surface area contributed by atoms with E-state index in [4.69, 9.17) is 0 Å². The Labute approximate surface area is 116 Å². The highest BCUT2D eigenvalue weighted by Crippen LogP contribution is 2.18. The largest absolute Gasteiger partial charge is 0.341 e. The Bertz CT molecular complexity index is 470. The van der Waals surface area contributed by atoms with E-state index in [-0.39, 0.29) is 5.91 Å². The van der Waals surface area contributed by atoms with E-state index in [1.165, 1.54) is 12.0 Å². The Morgan fingerprint density at radius 1 is 1.42 bits per heavy atom. The van der Waals surface area contributed by atoms with Crippen LogP contribution in [0.5, 0.6) is 0 Å². The number of benzene rings is 1. The predicted molar refractivity (Wildman–Crippen MR) is 78.5 cm³/mol. The van der Waals surface area contributed by atoms with E-state index in [1.54, 1.807) is 0 Å². The molecule has 1 heterocycles. The molecule has 3 nitrogen and oxygen atoms in total. The molecule has 1 atom stereocenters. The van der Waals surface area contributed by atoms with Gasteiger partial charge in [0.15, 0.2) is 0 Å². The molecule has 0 aliphatic carbocycles. The molecule has 0 radical (unpaired) electrons. The zero-order chi connectivity index (χ0) is 14.0. The molecule has 0 N–H and O–H groups in total. The van der Waals surface area contributed by atoms with Gasteiger partial charge in [0.05, 0.1) is 0 Å². The molecule has 2 rings (SSSR count). The van der Waals surface area contributed by atoms with Gasteiger partial charge in [0.25, 0.3) is 5.91 Å². The topological polar surface area (TPSA) is 23.6 Å². The zero-order valence-electron chi connectivity index (χ0n) is 12.4. The van der Waals surface area contributed by atoms with Crippen molar-refractivity contribution in [3.8, 4) is 0 Å². The van der Waals surface area contributed by atoms with Crippen molar-refractivity contribution in [3.05, 3.63) is 34.9 Å². The smallest absolute Gasteiger partial charge is 0.253 e. The second-order valence-corrected chi connectivity index (χ2v) is 5.85. The predicted octanol–water partition coefficient (Wildman–Crippen LogP) is 2.33. The Morgan fingerprint density at radius 2 is 2.16 bits per heavy atom. The number of hydrogen-bond acceptors (Lipinski definition) is 2. The SMILES string of the molecule is Cc1cccc(C(=O)N(C)C[C@H]2CCN(C)C2)c1C. The Balaban J connectivity index is 2.04. The summed E-state index contributed by atoms with van der Waals surface area (Å²) in [4.78, 5) is 16.7. The van der Waals surface area contributed by atoms with Crippen LogP contribution in [0.3, 0.4) is 0 Å². The van der Waals surface area contributed by atoms with Crippen LogP contribution in [0, 0.1) is 19.8 Å². The maximum atomic E-state index is 12.5. The first kappa shape index (κ1) is 14.1. The summed E-state index contributed by atoms with van der Waals surface area (Å²) in [6.07, 6.45) is 1.20. The van der Waals surface area contributed by atoms with Crippen LogP contribution in [-0.2, 0) is 0 Å². The van der Waals surface area contributed by atoms with Gasteiger partial charge in [-0.05, 0) is 57.0 Å². The molecule has 0 unspecified atom stereocenters. The van der Waals surface area contributed by atoms with Crippen molar-refractivity contribution in [1.29, 1.82) is 0 Å². The van der Waals surface area contributed by atoms with Crippen molar-refractivity contribution in [2.75, 3.05) is 33.7 Å². The number of hydrogen-bond donors (Lipinski definition) is 0. The van der Waals surface area contributed by atoms with Crippen molar-refractivity contribution in [2.45, 2.75) is 20.3 Å². The summed E-state index contributed by atoms with van der Waals surface area (Å²) >= 11 is 0. The number of nitrogens with zero attached hydrogens (tertiary/aromatic N) is 2. The summed E-state index contributed by atoms with van der Waals surface area (Å²) in [6.45, 7) is 7.19.